The van der Waals surface area contributed by atoms with Crippen LogP contribution in [-0.4, -0.2) is 56.1 Å². The van der Waals surface area contributed by atoms with Crippen LogP contribution in [0.4, 0.5) is 5.82 Å². The van der Waals surface area contributed by atoms with Gasteiger partial charge in [0.25, 0.3) is 5.91 Å². The zero-order chi connectivity index (χ0) is 23.9. The Morgan fingerprint density at radius 3 is 2.76 bits per heavy atom. The summed E-state index contributed by atoms with van der Waals surface area (Å²) in [7, 11) is 0. The fourth-order valence-electron chi connectivity index (χ4n) is 4.72. The summed E-state index contributed by atoms with van der Waals surface area (Å²) in [6.45, 7) is 5.67. The fourth-order valence-corrected chi connectivity index (χ4v) is 4.72. The molecular weight excluding hydrogens is 426 g/mol. The van der Waals surface area contributed by atoms with E-state index in [2.05, 4.69) is 20.4 Å². The molecule has 33 heavy (non-hydrogen) atoms. The van der Waals surface area contributed by atoms with Crippen molar-refractivity contribution in [2.24, 2.45) is 16.9 Å². The zero-order valence-corrected chi connectivity index (χ0v) is 19.1. The quantitative estimate of drug-likeness (QED) is 0.539. The summed E-state index contributed by atoms with van der Waals surface area (Å²) in [6.07, 6.45) is 4.35. The SMILES string of the molecule is Cc1nn(-c2cnc(C(N)=O)c(NC3CCCC3OC(=O)CN)n2)c2c1C(=O)CC(C)(C)C2. The van der Waals surface area contributed by atoms with E-state index >= 15 is 0 Å². The lowest BCUT2D eigenvalue weighted by atomic mass is 9.75. The van der Waals surface area contributed by atoms with Gasteiger partial charge in [0.05, 0.1) is 35.7 Å². The zero-order valence-electron chi connectivity index (χ0n) is 19.1. The van der Waals surface area contributed by atoms with Crippen LogP contribution in [0.25, 0.3) is 5.82 Å². The summed E-state index contributed by atoms with van der Waals surface area (Å²) in [5, 5.41) is 7.75. The van der Waals surface area contributed by atoms with E-state index < -0.39 is 18.0 Å². The van der Waals surface area contributed by atoms with Gasteiger partial charge in [0.15, 0.2) is 23.1 Å². The second-order valence-electron chi connectivity index (χ2n) is 9.46. The molecule has 1 saturated carbocycles. The van der Waals surface area contributed by atoms with Crippen LogP contribution < -0.4 is 16.8 Å². The summed E-state index contributed by atoms with van der Waals surface area (Å²) in [5.41, 5.74) is 12.7. The van der Waals surface area contributed by atoms with Crippen LogP contribution in [0.1, 0.15) is 71.8 Å². The summed E-state index contributed by atoms with van der Waals surface area (Å²) in [4.78, 5) is 45.3. The molecule has 1 amide bonds. The van der Waals surface area contributed by atoms with Gasteiger partial charge >= 0.3 is 5.97 Å². The third-order valence-corrected chi connectivity index (χ3v) is 6.15. The fraction of sp³-hybridized carbons (Fsp3) is 0.545. The summed E-state index contributed by atoms with van der Waals surface area (Å²) in [5.74, 6) is -0.620. The number of nitrogens with zero attached hydrogens (tertiary/aromatic N) is 4. The lowest BCUT2D eigenvalue weighted by molar-refractivity contribution is -0.147. The molecule has 11 nitrogen and oxygen atoms in total. The normalized spacial score (nSPS) is 21.5. The smallest absolute Gasteiger partial charge is 0.320 e. The highest BCUT2D eigenvalue weighted by molar-refractivity contribution is 6.00. The maximum Gasteiger partial charge on any atom is 0.320 e. The first-order chi connectivity index (χ1) is 15.6. The van der Waals surface area contributed by atoms with Crippen molar-refractivity contribution in [1.29, 1.82) is 0 Å². The van der Waals surface area contributed by atoms with Crippen LogP contribution in [0.5, 0.6) is 0 Å². The van der Waals surface area contributed by atoms with E-state index in [1.807, 2.05) is 13.8 Å². The molecule has 0 saturated heterocycles. The number of nitrogens with two attached hydrogens (primary N) is 2. The van der Waals surface area contributed by atoms with Gasteiger partial charge in [0.1, 0.15) is 6.10 Å². The molecule has 0 radical (unpaired) electrons. The van der Waals surface area contributed by atoms with Crippen molar-refractivity contribution in [3.05, 3.63) is 28.8 Å². The maximum absolute atomic E-state index is 12.7. The number of Topliss-reactive ketones (excluding diaryl/α,β-unsaturated/α-hetero) is 1. The Morgan fingerprint density at radius 1 is 1.30 bits per heavy atom. The average Bonchev–Trinajstić information content (AvgIpc) is 3.30. The molecule has 0 spiro atoms. The third-order valence-electron chi connectivity index (χ3n) is 6.15. The van der Waals surface area contributed by atoms with Crippen molar-refractivity contribution in [2.45, 2.75) is 65.0 Å². The first-order valence-electron chi connectivity index (χ1n) is 11.0. The van der Waals surface area contributed by atoms with Crippen LogP contribution in [-0.2, 0) is 16.0 Å². The molecule has 2 aliphatic carbocycles. The van der Waals surface area contributed by atoms with Crippen LogP contribution >= 0.6 is 0 Å². The van der Waals surface area contributed by atoms with Crippen LogP contribution in [0.15, 0.2) is 6.20 Å². The highest BCUT2D eigenvalue weighted by atomic mass is 16.5. The molecule has 1 fully saturated rings. The Hall–Kier alpha value is -3.34. The van der Waals surface area contributed by atoms with Crippen molar-refractivity contribution in [3.8, 4) is 5.82 Å². The molecule has 2 aliphatic rings. The van der Waals surface area contributed by atoms with Gasteiger partial charge in [0, 0.05) is 6.42 Å². The molecule has 2 aromatic rings. The van der Waals surface area contributed by atoms with Gasteiger partial charge in [-0.25, -0.2) is 14.6 Å². The highest BCUT2D eigenvalue weighted by Gasteiger charge is 2.36. The minimum atomic E-state index is -0.736. The number of ether oxygens (including phenoxy) is 1. The monoisotopic (exact) mass is 455 g/mol. The largest absolute Gasteiger partial charge is 0.459 e. The van der Waals surface area contributed by atoms with Gasteiger partial charge in [0.2, 0.25) is 0 Å². The van der Waals surface area contributed by atoms with E-state index in [1.165, 1.54) is 6.20 Å². The van der Waals surface area contributed by atoms with Gasteiger partial charge in [-0.15, -0.1) is 0 Å². The van der Waals surface area contributed by atoms with Crippen molar-refractivity contribution in [2.75, 3.05) is 11.9 Å². The van der Waals surface area contributed by atoms with Crippen LogP contribution in [0.2, 0.25) is 0 Å². The number of hydrogen-bond acceptors (Lipinski definition) is 9. The molecular formula is C22H29N7O4. The number of anilines is 1. The molecule has 0 aliphatic heterocycles. The lowest BCUT2D eigenvalue weighted by Crippen LogP contribution is -2.35. The Morgan fingerprint density at radius 2 is 2.06 bits per heavy atom. The van der Waals surface area contributed by atoms with Crippen molar-refractivity contribution >= 4 is 23.5 Å². The molecule has 2 aromatic heterocycles. The number of carbonyl (C=O) groups is 3. The Bertz CT molecular complexity index is 1120. The van der Waals surface area contributed by atoms with Crippen molar-refractivity contribution < 1.29 is 19.1 Å². The van der Waals surface area contributed by atoms with E-state index in [9.17, 15) is 14.4 Å². The number of hydrogen-bond donors (Lipinski definition) is 3. The second kappa shape index (κ2) is 8.54. The third kappa shape index (κ3) is 4.45. The second-order valence-corrected chi connectivity index (χ2v) is 9.46. The predicted molar refractivity (Wildman–Crippen MR) is 119 cm³/mol. The molecule has 2 heterocycles. The van der Waals surface area contributed by atoms with Crippen molar-refractivity contribution in [3.63, 3.8) is 0 Å². The highest BCUT2D eigenvalue weighted by Crippen LogP contribution is 2.37. The number of aryl methyl sites for hydroxylation is 1. The molecule has 0 aromatic carbocycles. The number of ketones is 1. The number of nitrogens with one attached hydrogen (secondary N) is 1. The van der Waals surface area contributed by atoms with Gasteiger partial charge in [-0.2, -0.15) is 5.10 Å². The minimum Gasteiger partial charge on any atom is -0.459 e. The molecule has 11 heteroatoms. The number of carbonyl (C=O) groups excluding carboxylic acids is 3. The van der Waals surface area contributed by atoms with Gasteiger partial charge < -0.3 is 21.5 Å². The number of fused-ring (bicyclic) bond motifs is 1. The van der Waals surface area contributed by atoms with Crippen molar-refractivity contribution in [1.82, 2.24) is 19.7 Å². The number of rotatable bonds is 6. The van der Waals surface area contributed by atoms with E-state index in [4.69, 9.17) is 16.2 Å². The maximum atomic E-state index is 12.7. The summed E-state index contributed by atoms with van der Waals surface area (Å²) < 4.78 is 7.05. The predicted octanol–water partition coefficient (Wildman–Crippen LogP) is 1.06. The number of esters is 1. The molecule has 5 N–H and O–H groups in total. The number of aromatic nitrogens is 4. The summed E-state index contributed by atoms with van der Waals surface area (Å²) >= 11 is 0. The molecule has 0 bridgehead atoms. The molecule has 2 unspecified atom stereocenters. The molecule has 176 valence electrons. The van der Waals surface area contributed by atoms with Gasteiger partial charge in [-0.3, -0.25) is 14.4 Å². The van der Waals surface area contributed by atoms with E-state index in [1.54, 1.807) is 11.6 Å². The van der Waals surface area contributed by atoms with E-state index in [0.29, 0.717) is 42.8 Å². The first-order valence-corrected chi connectivity index (χ1v) is 11.0. The first kappa shape index (κ1) is 22.8. The average molecular weight is 456 g/mol. The number of amides is 1. The topological polar surface area (TPSA) is 168 Å². The Labute approximate surface area is 191 Å². The van der Waals surface area contributed by atoms with Crippen LogP contribution in [0.3, 0.4) is 0 Å². The van der Waals surface area contributed by atoms with Crippen LogP contribution in [0, 0.1) is 12.3 Å². The molecule has 2 atom stereocenters. The number of primary amides is 1. The Kier molecular flexibility index (Phi) is 5.91. The van der Waals surface area contributed by atoms with Gasteiger partial charge in [-0.05, 0) is 38.0 Å². The standard InChI is InChI=1S/C22H29N7O4/c1-11-18-13(7-22(2,3)8-14(18)30)29(28-11)16-10-25-19(20(24)32)21(27-16)26-12-5-4-6-15(12)33-17(31)9-23/h10,12,15H,4-9,23H2,1-3H3,(H2,24,32)(H,26,27). The van der Waals surface area contributed by atoms with Gasteiger partial charge in [-0.1, -0.05) is 13.8 Å². The minimum absolute atomic E-state index is 0.0243. The molecule has 4 rings (SSSR count). The van der Waals surface area contributed by atoms with E-state index in [0.717, 1.165) is 12.1 Å². The van der Waals surface area contributed by atoms with E-state index in [-0.39, 0.29) is 35.3 Å². The lowest BCUT2D eigenvalue weighted by Gasteiger charge is -2.29. The Balaban J connectivity index is 1.71. The summed E-state index contributed by atoms with van der Waals surface area (Å²) in [6, 6.07) is -0.267.